The van der Waals surface area contributed by atoms with Crippen molar-refractivity contribution >= 4 is 11.5 Å². The molecule has 1 aromatic heterocycles. The number of nitrogens with two attached hydrogens (primary N) is 1. The molecule has 3 N–H and O–H groups in total. The summed E-state index contributed by atoms with van der Waals surface area (Å²) < 4.78 is 24.6. The lowest BCUT2D eigenvalue weighted by Crippen LogP contribution is -2.32. The van der Waals surface area contributed by atoms with Crippen molar-refractivity contribution in [3.05, 3.63) is 17.8 Å². The summed E-state index contributed by atoms with van der Waals surface area (Å²) in [5.74, 6) is 0.199. The van der Waals surface area contributed by atoms with Crippen molar-refractivity contribution in [3.63, 3.8) is 0 Å². The van der Waals surface area contributed by atoms with Gasteiger partial charge in [-0.2, -0.15) is 5.26 Å². The predicted molar refractivity (Wildman–Crippen MR) is 58.7 cm³/mol. The van der Waals surface area contributed by atoms with Crippen molar-refractivity contribution in [2.45, 2.75) is 6.43 Å². The summed E-state index contributed by atoms with van der Waals surface area (Å²) in [5, 5.41) is 17.5. The fourth-order valence-corrected chi connectivity index (χ4v) is 1.31. The highest BCUT2D eigenvalue weighted by Crippen LogP contribution is 2.17. The van der Waals surface area contributed by atoms with E-state index in [0.717, 1.165) is 0 Å². The second-order valence-corrected chi connectivity index (χ2v) is 3.28. The molecule has 0 bridgehead atoms. The normalized spacial score (nSPS) is 10.3. The molecule has 0 saturated heterocycles. The van der Waals surface area contributed by atoms with Crippen LogP contribution in [-0.2, 0) is 0 Å². The van der Waals surface area contributed by atoms with Crippen molar-refractivity contribution in [2.24, 2.45) is 0 Å². The Kier molecular flexibility index (Phi) is 4.60. The zero-order valence-corrected chi connectivity index (χ0v) is 8.98. The van der Waals surface area contributed by atoms with Gasteiger partial charge in [0.25, 0.3) is 6.43 Å². The summed E-state index contributed by atoms with van der Waals surface area (Å²) in [4.78, 5) is 5.06. The molecule has 0 saturated carbocycles. The molecule has 0 fully saturated rings. The Labute approximate surface area is 97.1 Å². The van der Waals surface area contributed by atoms with E-state index in [-0.39, 0.29) is 30.4 Å². The second kappa shape index (κ2) is 5.96. The van der Waals surface area contributed by atoms with Crippen LogP contribution in [0.4, 0.5) is 20.3 Å². The van der Waals surface area contributed by atoms with Crippen molar-refractivity contribution in [3.8, 4) is 6.07 Å². The molecule has 1 rings (SSSR count). The number of nitriles is 1. The fraction of sp³-hybridized carbons (Fsp3) is 0.400. The SMILES string of the molecule is N#Cc1nc(N(CCO)CC(F)F)ccc1N. The van der Waals surface area contributed by atoms with E-state index in [1.807, 2.05) is 0 Å². The monoisotopic (exact) mass is 242 g/mol. The Morgan fingerprint density at radius 2 is 2.24 bits per heavy atom. The van der Waals surface area contributed by atoms with Gasteiger partial charge in [0, 0.05) is 6.54 Å². The van der Waals surface area contributed by atoms with E-state index in [1.54, 1.807) is 6.07 Å². The minimum atomic E-state index is -2.55. The second-order valence-electron chi connectivity index (χ2n) is 3.28. The standard InChI is InChI=1S/C10H12F2N4O/c11-9(12)6-16(3-4-17)10-2-1-7(14)8(5-13)15-10/h1-2,9,17H,3-4,6,14H2. The fourth-order valence-electron chi connectivity index (χ4n) is 1.31. The minimum absolute atomic E-state index is 0.0142. The maximum Gasteiger partial charge on any atom is 0.255 e. The van der Waals surface area contributed by atoms with Crippen LogP contribution < -0.4 is 10.6 Å². The quantitative estimate of drug-likeness (QED) is 0.789. The Bertz CT molecular complexity index is 419. The molecule has 92 valence electrons. The van der Waals surface area contributed by atoms with E-state index in [0.29, 0.717) is 0 Å². The van der Waals surface area contributed by atoms with E-state index in [1.165, 1.54) is 17.0 Å². The Hall–Kier alpha value is -1.94. The van der Waals surface area contributed by atoms with Gasteiger partial charge < -0.3 is 15.7 Å². The largest absolute Gasteiger partial charge is 0.396 e. The van der Waals surface area contributed by atoms with Crippen LogP contribution in [0, 0.1) is 11.3 Å². The first-order chi connectivity index (χ1) is 8.08. The van der Waals surface area contributed by atoms with Crippen LogP contribution in [0.5, 0.6) is 0 Å². The number of hydrogen-bond acceptors (Lipinski definition) is 5. The molecule has 1 heterocycles. The van der Waals surface area contributed by atoms with Gasteiger partial charge in [0.15, 0.2) is 5.69 Å². The molecule has 0 spiro atoms. The van der Waals surface area contributed by atoms with Gasteiger partial charge in [-0.05, 0) is 12.1 Å². The predicted octanol–water partition coefficient (Wildman–Crippen LogP) is 0.599. The molecule has 5 nitrogen and oxygen atoms in total. The molecule has 0 aliphatic carbocycles. The van der Waals surface area contributed by atoms with E-state index >= 15 is 0 Å². The summed E-state index contributed by atoms with van der Waals surface area (Å²) in [7, 11) is 0. The van der Waals surface area contributed by atoms with Crippen LogP contribution in [-0.4, -0.2) is 36.2 Å². The zero-order valence-electron chi connectivity index (χ0n) is 8.98. The van der Waals surface area contributed by atoms with E-state index < -0.39 is 13.0 Å². The molecule has 0 amide bonds. The smallest absolute Gasteiger partial charge is 0.255 e. The van der Waals surface area contributed by atoms with Gasteiger partial charge in [-0.3, -0.25) is 0 Å². The zero-order chi connectivity index (χ0) is 12.8. The van der Waals surface area contributed by atoms with Crippen molar-refractivity contribution < 1.29 is 13.9 Å². The van der Waals surface area contributed by atoms with E-state index in [4.69, 9.17) is 16.1 Å². The molecule has 0 aromatic carbocycles. The van der Waals surface area contributed by atoms with Gasteiger partial charge in [0.2, 0.25) is 0 Å². The van der Waals surface area contributed by atoms with Gasteiger partial charge in [-0.15, -0.1) is 0 Å². The number of aliphatic hydroxyl groups excluding tert-OH is 1. The maximum atomic E-state index is 12.3. The molecule has 0 unspecified atom stereocenters. The average molecular weight is 242 g/mol. The van der Waals surface area contributed by atoms with Gasteiger partial charge in [-0.25, -0.2) is 13.8 Å². The molecular weight excluding hydrogens is 230 g/mol. The van der Waals surface area contributed by atoms with Crippen LogP contribution >= 0.6 is 0 Å². The summed E-state index contributed by atoms with van der Waals surface area (Å²) in [6, 6.07) is 4.64. The third-order valence-electron chi connectivity index (χ3n) is 2.07. The van der Waals surface area contributed by atoms with E-state index in [2.05, 4.69) is 4.98 Å². The van der Waals surface area contributed by atoms with Crippen LogP contribution in [0.2, 0.25) is 0 Å². The number of nitrogen functional groups attached to an aromatic ring is 1. The number of alkyl halides is 2. The summed E-state index contributed by atoms with van der Waals surface area (Å²) in [5.41, 5.74) is 5.65. The molecule has 0 radical (unpaired) electrons. The molecule has 0 aliphatic heterocycles. The number of halogens is 2. The molecule has 0 aliphatic rings. The number of rotatable bonds is 5. The lowest BCUT2D eigenvalue weighted by Gasteiger charge is -2.22. The number of nitrogens with zero attached hydrogens (tertiary/aromatic N) is 3. The van der Waals surface area contributed by atoms with Gasteiger partial charge in [-0.1, -0.05) is 0 Å². The average Bonchev–Trinajstić information content (AvgIpc) is 2.28. The number of pyridine rings is 1. The van der Waals surface area contributed by atoms with Crippen molar-refractivity contribution in [1.82, 2.24) is 4.98 Å². The summed E-state index contributed by atoms with van der Waals surface area (Å²) >= 11 is 0. The highest BCUT2D eigenvalue weighted by molar-refractivity contribution is 5.55. The third-order valence-corrected chi connectivity index (χ3v) is 2.07. The summed E-state index contributed by atoms with van der Waals surface area (Å²) in [6.45, 7) is -0.810. The highest BCUT2D eigenvalue weighted by atomic mass is 19.3. The Balaban J connectivity index is 2.98. The third kappa shape index (κ3) is 3.53. The number of anilines is 2. The van der Waals surface area contributed by atoms with Crippen LogP contribution in [0.3, 0.4) is 0 Å². The Morgan fingerprint density at radius 1 is 1.53 bits per heavy atom. The van der Waals surface area contributed by atoms with Gasteiger partial charge >= 0.3 is 0 Å². The lowest BCUT2D eigenvalue weighted by molar-refractivity contribution is 0.152. The molecule has 0 atom stereocenters. The summed E-state index contributed by atoms with van der Waals surface area (Å²) in [6.07, 6.45) is -2.55. The van der Waals surface area contributed by atoms with E-state index in [9.17, 15) is 8.78 Å². The van der Waals surface area contributed by atoms with Crippen molar-refractivity contribution in [2.75, 3.05) is 30.3 Å². The number of aliphatic hydroxyl groups is 1. The Morgan fingerprint density at radius 3 is 2.76 bits per heavy atom. The molecular formula is C10H12F2N4O. The van der Waals surface area contributed by atoms with Crippen molar-refractivity contribution in [1.29, 1.82) is 5.26 Å². The van der Waals surface area contributed by atoms with Crippen LogP contribution in [0.25, 0.3) is 0 Å². The number of hydrogen-bond donors (Lipinski definition) is 2. The molecule has 1 aromatic rings. The van der Waals surface area contributed by atoms with Gasteiger partial charge in [0.1, 0.15) is 11.9 Å². The van der Waals surface area contributed by atoms with Gasteiger partial charge in [0.05, 0.1) is 18.8 Å². The van der Waals surface area contributed by atoms with Crippen LogP contribution in [0.15, 0.2) is 12.1 Å². The minimum Gasteiger partial charge on any atom is -0.396 e. The maximum absolute atomic E-state index is 12.3. The first kappa shape index (κ1) is 13.1. The van der Waals surface area contributed by atoms with Crippen LogP contribution in [0.1, 0.15) is 5.69 Å². The first-order valence-corrected chi connectivity index (χ1v) is 4.89. The highest BCUT2D eigenvalue weighted by Gasteiger charge is 2.14. The number of aromatic nitrogens is 1. The first-order valence-electron chi connectivity index (χ1n) is 4.89. The lowest BCUT2D eigenvalue weighted by atomic mass is 10.3. The molecule has 17 heavy (non-hydrogen) atoms. The molecule has 7 heteroatoms. The topological polar surface area (TPSA) is 86.2 Å².